The number of amidine groups is 1. The van der Waals surface area contributed by atoms with Gasteiger partial charge in [0.15, 0.2) is 11.0 Å². The van der Waals surface area contributed by atoms with E-state index < -0.39 is 0 Å². The fourth-order valence-corrected chi connectivity index (χ4v) is 3.99. The first-order chi connectivity index (χ1) is 13.1. The average Bonchev–Trinajstić information content (AvgIpc) is 2.70. The molecule has 0 radical (unpaired) electrons. The number of Topliss-reactive ketones (excluding diaryl/α,β-unsaturated/α-hetero) is 1. The van der Waals surface area contributed by atoms with Crippen LogP contribution in [-0.4, -0.2) is 36.4 Å². The predicted octanol–water partition coefficient (Wildman–Crippen LogP) is 5.46. The van der Waals surface area contributed by atoms with Crippen LogP contribution in [0.2, 0.25) is 0 Å². The van der Waals surface area contributed by atoms with E-state index in [2.05, 4.69) is 30.9 Å². The van der Waals surface area contributed by atoms with Crippen molar-refractivity contribution in [2.24, 2.45) is 4.99 Å². The molecule has 0 aromatic heterocycles. The van der Waals surface area contributed by atoms with Crippen LogP contribution < -0.4 is 9.64 Å². The van der Waals surface area contributed by atoms with Gasteiger partial charge in [0, 0.05) is 23.5 Å². The number of carbonyl (C=O) groups excluding carboxylic acids is 1. The molecule has 1 heterocycles. The van der Waals surface area contributed by atoms with E-state index >= 15 is 0 Å². The maximum atomic E-state index is 13.0. The molecule has 0 unspecified atom stereocenters. The van der Waals surface area contributed by atoms with Crippen LogP contribution in [0.3, 0.4) is 0 Å². The van der Waals surface area contributed by atoms with Crippen molar-refractivity contribution >= 4 is 45.4 Å². The van der Waals surface area contributed by atoms with Crippen LogP contribution in [0.5, 0.6) is 5.75 Å². The average molecular weight is 463 g/mol. The van der Waals surface area contributed by atoms with Gasteiger partial charge >= 0.3 is 0 Å². The van der Waals surface area contributed by atoms with Crippen molar-refractivity contribution in [3.05, 3.63) is 59.2 Å². The number of carbonyl (C=O) groups is 1. The standard InChI is InChI=1S/C22H26N2O2S.BrH/c1-4-26-19-11-9-18(10-12-19)21(25)15-24(22-23-13-6-14-27-22)20-8-5-7-16(2)17(20)3;/h5,7-12H,4,6,13-15H2,1-3H3;1H. The normalized spacial score (nSPS) is 13.3. The summed E-state index contributed by atoms with van der Waals surface area (Å²) in [6, 6.07) is 13.6. The first kappa shape index (κ1) is 22.5. The second kappa shape index (κ2) is 10.7. The number of aliphatic imine (C=N–C) groups is 1. The summed E-state index contributed by atoms with van der Waals surface area (Å²) in [5, 5.41) is 0.939. The molecule has 0 N–H and O–H groups in total. The van der Waals surface area contributed by atoms with Gasteiger partial charge in [0.2, 0.25) is 0 Å². The zero-order chi connectivity index (χ0) is 19.2. The molecule has 150 valence electrons. The lowest BCUT2D eigenvalue weighted by atomic mass is 10.1. The summed E-state index contributed by atoms with van der Waals surface area (Å²) in [7, 11) is 0. The monoisotopic (exact) mass is 462 g/mol. The molecule has 28 heavy (non-hydrogen) atoms. The molecule has 0 saturated carbocycles. The fraction of sp³-hybridized carbons (Fsp3) is 0.364. The van der Waals surface area contributed by atoms with Crippen molar-refractivity contribution in [3.63, 3.8) is 0 Å². The van der Waals surface area contributed by atoms with E-state index in [9.17, 15) is 4.79 Å². The molecule has 0 fully saturated rings. The number of rotatable bonds is 6. The SMILES string of the molecule is Br.CCOc1ccc(C(=O)CN(C2=NCCCS2)c2cccc(C)c2C)cc1. The topological polar surface area (TPSA) is 41.9 Å². The number of hydrogen-bond donors (Lipinski definition) is 0. The predicted molar refractivity (Wildman–Crippen MR) is 125 cm³/mol. The lowest BCUT2D eigenvalue weighted by Crippen LogP contribution is -2.36. The smallest absolute Gasteiger partial charge is 0.182 e. The van der Waals surface area contributed by atoms with Gasteiger partial charge in [-0.05, 0) is 68.7 Å². The first-order valence-corrected chi connectivity index (χ1v) is 10.4. The van der Waals surface area contributed by atoms with Crippen molar-refractivity contribution in [1.82, 2.24) is 0 Å². The van der Waals surface area contributed by atoms with Crippen LogP contribution in [0.15, 0.2) is 47.5 Å². The summed E-state index contributed by atoms with van der Waals surface area (Å²) < 4.78 is 5.47. The van der Waals surface area contributed by atoms with Gasteiger partial charge in [-0.15, -0.1) is 17.0 Å². The summed E-state index contributed by atoms with van der Waals surface area (Å²) in [6.07, 6.45) is 1.08. The molecule has 0 atom stereocenters. The second-order valence-corrected chi connectivity index (χ2v) is 7.61. The molecule has 0 spiro atoms. The Kier molecular flexibility index (Phi) is 8.58. The summed E-state index contributed by atoms with van der Waals surface area (Å²) in [5.41, 5.74) is 4.15. The molecule has 1 aliphatic rings. The van der Waals surface area contributed by atoms with Gasteiger partial charge in [-0.2, -0.15) is 0 Å². The molecule has 0 aliphatic carbocycles. The highest BCUT2D eigenvalue weighted by molar-refractivity contribution is 8.93. The third-order valence-electron chi connectivity index (χ3n) is 4.67. The molecule has 1 aliphatic heterocycles. The minimum Gasteiger partial charge on any atom is -0.494 e. The summed E-state index contributed by atoms with van der Waals surface area (Å²) in [5.74, 6) is 1.90. The van der Waals surface area contributed by atoms with Crippen LogP contribution in [0.4, 0.5) is 5.69 Å². The van der Waals surface area contributed by atoms with Crippen molar-refractivity contribution in [2.75, 3.05) is 30.3 Å². The minimum absolute atomic E-state index is 0. The Hall–Kier alpha value is -1.79. The third-order valence-corrected chi connectivity index (χ3v) is 5.77. The second-order valence-electron chi connectivity index (χ2n) is 6.55. The maximum Gasteiger partial charge on any atom is 0.182 e. The molecule has 0 bridgehead atoms. The number of ketones is 1. The number of thioether (sulfide) groups is 1. The number of ether oxygens (including phenoxy) is 1. The highest BCUT2D eigenvalue weighted by Crippen LogP contribution is 2.28. The van der Waals surface area contributed by atoms with E-state index in [1.807, 2.05) is 37.3 Å². The van der Waals surface area contributed by atoms with Gasteiger partial charge in [-0.3, -0.25) is 9.79 Å². The largest absolute Gasteiger partial charge is 0.494 e. The van der Waals surface area contributed by atoms with E-state index in [0.29, 0.717) is 12.2 Å². The van der Waals surface area contributed by atoms with Crippen molar-refractivity contribution in [1.29, 1.82) is 0 Å². The molecule has 3 rings (SSSR count). The van der Waals surface area contributed by atoms with Crippen molar-refractivity contribution < 1.29 is 9.53 Å². The lowest BCUT2D eigenvalue weighted by Gasteiger charge is -2.29. The van der Waals surface area contributed by atoms with Crippen LogP contribution >= 0.6 is 28.7 Å². The Balaban J connectivity index is 0.00000280. The molecule has 6 heteroatoms. The molecular formula is C22H27BrN2O2S. The first-order valence-electron chi connectivity index (χ1n) is 9.37. The lowest BCUT2D eigenvalue weighted by molar-refractivity contribution is 0.100. The third kappa shape index (κ3) is 5.39. The van der Waals surface area contributed by atoms with Crippen molar-refractivity contribution in [2.45, 2.75) is 27.2 Å². The Morgan fingerprint density at radius 3 is 2.57 bits per heavy atom. The van der Waals surface area contributed by atoms with Crippen molar-refractivity contribution in [3.8, 4) is 5.75 Å². The number of halogens is 1. The maximum absolute atomic E-state index is 13.0. The summed E-state index contributed by atoms with van der Waals surface area (Å²) in [4.78, 5) is 19.8. The van der Waals surface area contributed by atoms with Crippen LogP contribution in [0.25, 0.3) is 0 Å². The Bertz CT molecular complexity index is 837. The zero-order valence-electron chi connectivity index (χ0n) is 16.6. The minimum atomic E-state index is 0. The quantitative estimate of drug-likeness (QED) is 0.534. The molecular weight excluding hydrogens is 436 g/mol. The Labute approximate surface area is 182 Å². The van der Waals surface area contributed by atoms with E-state index in [1.54, 1.807) is 11.8 Å². The highest BCUT2D eigenvalue weighted by atomic mass is 79.9. The molecule has 4 nitrogen and oxygen atoms in total. The Morgan fingerprint density at radius 1 is 1.18 bits per heavy atom. The molecule has 2 aromatic carbocycles. The van der Waals surface area contributed by atoms with E-state index in [1.165, 1.54) is 11.1 Å². The molecule has 0 amide bonds. The zero-order valence-corrected chi connectivity index (χ0v) is 19.1. The van der Waals surface area contributed by atoms with Gasteiger partial charge in [0.05, 0.1) is 13.2 Å². The van der Waals surface area contributed by atoms with Gasteiger partial charge in [0.1, 0.15) is 5.75 Å². The van der Waals surface area contributed by atoms with Gasteiger partial charge in [-0.25, -0.2) is 0 Å². The van der Waals surface area contributed by atoms with Gasteiger partial charge in [-0.1, -0.05) is 23.9 Å². The van der Waals surface area contributed by atoms with E-state index in [-0.39, 0.29) is 29.3 Å². The van der Waals surface area contributed by atoms with Crippen LogP contribution in [0.1, 0.15) is 34.8 Å². The highest BCUT2D eigenvalue weighted by Gasteiger charge is 2.22. The van der Waals surface area contributed by atoms with Crippen LogP contribution in [-0.2, 0) is 0 Å². The number of nitrogens with zero attached hydrogens (tertiary/aromatic N) is 2. The van der Waals surface area contributed by atoms with E-state index in [4.69, 9.17) is 9.73 Å². The van der Waals surface area contributed by atoms with Crippen LogP contribution in [0, 0.1) is 13.8 Å². The molecule has 2 aromatic rings. The summed E-state index contributed by atoms with van der Waals surface area (Å²) in [6.45, 7) is 7.87. The van der Waals surface area contributed by atoms with E-state index in [0.717, 1.165) is 35.3 Å². The summed E-state index contributed by atoms with van der Waals surface area (Å²) >= 11 is 1.73. The number of aryl methyl sites for hydroxylation is 1. The number of benzene rings is 2. The Morgan fingerprint density at radius 2 is 1.93 bits per heavy atom. The number of anilines is 1. The van der Waals surface area contributed by atoms with Gasteiger partial charge in [0.25, 0.3) is 0 Å². The molecule has 0 saturated heterocycles. The van der Waals surface area contributed by atoms with Gasteiger partial charge < -0.3 is 9.64 Å². The number of hydrogen-bond acceptors (Lipinski definition) is 5. The fourth-order valence-electron chi connectivity index (χ4n) is 3.03.